The third kappa shape index (κ3) is 4.26. The number of anilines is 1. The van der Waals surface area contributed by atoms with Crippen molar-refractivity contribution in [2.75, 3.05) is 11.1 Å². The van der Waals surface area contributed by atoms with Crippen LogP contribution < -0.4 is 5.32 Å². The smallest absolute Gasteiger partial charge is 0.277 e. The third-order valence-corrected chi connectivity index (χ3v) is 4.89. The molecule has 2 aromatic heterocycles. The summed E-state index contributed by atoms with van der Waals surface area (Å²) in [7, 11) is 0. The van der Waals surface area contributed by atoms with Crippen LogP contribution in [0.5, 0.6) is 0 Å². The minimum atomic E-state index is -0.227. The van der Waals surface area contributed by atoms with Crippen LogP contribution in [0.4, 0.5) is 5.00 Å². The summed E-state index contributed by atoms with van der Waals surface area (Å²) in [6, 6.07) is 9.72. The summed E-state index contributed by atoms with van der Waals surface area (Å²) < 4.78 is 5.62. The van der Waals surface area contributed by atoms with Crippen LogP contribution in [0.1, 0.15) is 16.7 Å². The Morgan fingerprint density at radius 1 is 1.32 bits per heavy atom. The van der Waals surface area contributed by atoms with E-state index in [1.807, 2.05) is 32.0 Å². The van der Waals surface area contributed by atoms with Crippen molar-refractivity contribution < 1.29 is 9.21 Å². The van der Waals surface area contributed by atoms with Gasteiger partial charge < -0.3 is 9.73 Å². The van der Waals surface area contributed by atoms with Crippen LogP contribution >= 0.6 is 23.1 Å². The van der Waals surface area contributed by atoms with Crippen molar-refractivity contribution in [3.05, 3.63) is 46.3 Å². The highest BCUT2D eigenvalue weighted by atomic mass is 32.2. The van der Waals surface area contributed by atoms with E-state index in [0.717, 1.165) is 28.5 Å². The summed E-state index contributed by atoms with van der Waals surface area (Å²) in [6.45, 7) is 4.01. The normalized spacial score (nSPS) is 10.4. The number of thioether (sulfide) groups is 1. The summed E-state index contributed by atoms with van der Waals surface area (Å²) in [5.41, 5.74) is 3.55. The zero-order chi connectivity index (χ0) is 17.8. The molecule has 0 fully saturated rings. The molecule has 1 aromatic carbocycles. The van der Waals surface area contributed by atoms with Crippen molar-refractivity contribution in [2.45, 2.75) is 19.1 Å². The fourth-order valence-electron chi connectivity index (χ4n) is 2.27. The number of nitrogens with zero attached hydrogens (tertiary/aromatic N) is 3. The van der Waals surface area contributed by atoms with Crippen LogP contribution in [0.2, 0.25) is 0 Å². The van der Waals surface area contributed by atoms with E-state index < -0.39 is 0 Å². The summed E-state index contributed by atoms with van der Waals surface area (Å²) in [5.74, 6) is 0.326. The lowest BCUT2D eigenvalue weighted by Crippen LogP contribution is -2.13. The summed E-state index contributed by atoms with van der Waals surface area (Å²) in [4.78, 5) is 12.0. The highest BCUT2D eigenvalue weighted by molar-refractivity contribution is 7.99. The topological polar surface area (TPSA) is 91.8 Å². The Bertz CT molecular complexity index is 935. The molecule has 0 spiro atoms. The van der Waals surface area contributed by atoms with Crippen molar-refractivity contribution in [3.8, 4) is 17.5 Å². The van der Waals surface area contributed by atoms with Crippen LogP contribution in [0.15, 0.2) is 39.3 Å². The van der Waals surface area contributed by atoms with E-state index in [4.69, 9.17) is 9.68 Å². The van der Waals surface area contributed by atoms with Gasteiger partial charge in [0.15, 0.2) is 0 Å². The molecule has 0 bridgehead atoms. The van der Waals surface area contributed by atoms with E-state index in [-0.39, 0.29) is 11.7 Å². The maximum Gasteiger partial charge on any atom is 0.277 e. The number of hydrogen-bond donors (Lipinski definition) is 1. The predicted octanol–water partition coefficient (Wildman–Crippen LogP) is 4.02. The molecule has 3 rings (SSSR count). The Balaban J connectivity index is 1.62. The van der Waals surface area contributed by atoms with Gasteiger partial charge in [0, 0.05) is 5.56 Å². The Morgan fingerprint density at radius 2 is 2.08 bits per heavy atom. The molecule has 6 nitrogen and oxygen atoms in total. The fraction of sp³-hybridized carbons (Fsp3) is 0.176. The average molecular weight is 370 g/mol. The quantitative estimate of drug-likeness (QED) is 0.682. The number of rotatable bonds is 5. The van der Waals surface area contributed by atoms with Crippen molar-refractivity contribution >= 4 is 34.0 Å². The van der Waals surface area contributed by atoms with Crippen molar-refractivity contribution in [1.29, 1.82) is 5.26 Å². The molecule has 3 aromatic rings. The van der Waals surface area contributed by atoms with Gasteiger partial charge in [-0.25, -0.2) is 0 Å². The molecular formula is C17H14N4O2S2. The van der Waals surface area contributed by atoms with E-state index in [1.165, 1.54) is 11.3 Å². The molecule has 126 valence electrons. The van der Waals surface area contributed by atoms with Gasteiger partial charge in [-0.05, 0) is 37.4 Å². The van der Waals surface area contributed by atoms with E-state index in [0.29, 0.717) is 21.7 Å². The lowest BCUT2D eigenvalue weighted by Gasteiger charge is -2.01. The minimum absolute atomic E-state index is 0.122. The van der Waals surface area contributed by atoms with E-state index in [1.54, 1.807) is 11.4 Å². The van der Waals surface area contributed by atoms with Gasteiger partial charge in [-0.3, -0.25) is 4.79 Å². The number of benzene rings is 1. The summed E-state index contributed by atoms with van der Waals surface area (Å²) in [5, 5.41) is 22.3. The number of carbonyl (C=O) groups is 1. The van der Waals surface area contributed by atoms with Gasteiger partial charge in [-0.15, -0.1) is 21.5 Å². The number of carbonyl (C=O) groups excluding carboxylic acids is 1. The first-order valence-corrected chi connectivity index (χ1v) is 9.24. The third-order valence-electron chi connectivity index (χ3n) is 3.24. The molecule has 1 amide bonds. The van der Waals surface area contributed by atoms with Crippen LogP contribution in [-0.2, 0) is 4.79 Å². The van der Waals surface area contributed by atoms with Crippen molar-refractivity contribution in [2.24, 2.45) is 0 Å². The van der Waals surface area contributed by atoms with Crippen molar-refractivity contribution in [1.82, 2.24) is 10.2 Å². The van der Waals surface area contributed by atoms with E-state index >= 15 is 0 Å². The molecule has 0 atom stereocenters. The maximum atomic E-state index is 12.0. The first-order chi connectivity index (χ1) is 12.0. The predicted molar refractivity (Wildman–Crippen MR) is 97.6 cm³/mol. The fourth-order valence-corrected chi connectivity index (χ4v) is 3.58. The highest BCUT2D eigenvalue weighted by Crippen LogP contribution is 2.26. The number of hydrogen-bond acceptors (Lipinski definition) is 7. The summed E-state index contributed by atoms with van der Waals surface area (Å²) in [6.07, 6.45) is 0. The number of thiophene rings is 1. The lowest BCUT2D eigenvalue weighted by molar-refractivity contribution is -0.113. The standard InChI is InChI=1S/C17H14N4O2S2/c1-10-5-11(2)7-13(6-10)15-20-21-17(23-15)25-9-14(22)19-16-12(8-18)3-4-24-16/h3-7H,9H2,1-2H3,(H,19,22). The van der Waals surface area contributed by atoms with Crippen LogP contribution in [0.3, 0.4) is 0 Å². The van der Waals surface area contributed by atoms with Gasteiger partial charge in [-0.1, -0.05) is 29.0 Å². The van der Waals surface area contributed by atoms with Gasteiger partial charge in [0.2, 0.25) is 11.8 Å². The molecule has 25 heavy (non-hydrogen) atoms. The summed E-state index contributed by atoms with van der Waals surface area (Å²) >= 11 is 2.47. The maximum absolute atomic E-state index is 12.0. The number of aryl methyl sites for hydroxylation is 2. The minimum Gasteiger partial charge on any atom is -0.411 e. The molecule has 1 N–H and O–H groups in total. The zero-order valence-corrected chi connectivity index (χ0v) is 15.2. The molecule has 0 aliphatic carbocycles. The number of nitriles is 1. The molecule has 2 heterocycles. The molecular weight excluding hydrogens is 356 g/mol. The number of amides is 1. The second kappa shape index (κ2) is 7.51. The molecule has 0 aliphatic rings. The number of aromatic nitrogens is 2. The Labute approximate surface area is 152 Å². The Morgan fingerprint density at radius 3 is 2.80 bits per heavy atom. The Hall–Kier alpha value is -2.63. The second-order valence-corrected chi connectivity index (χ2v) is 7.20. The molecule has 8 heteroatoms. The van der Waals surface area contributed by atoms with Gasteiger partial charge in [-0.2, -0.15) is 5.26 Å². The molecule has 0 aliphatic heterocycles. The van der Waals surface area contributed by atoms with Gasteiger partial charge in [0.1, 0.15) is 11.1 Å². The zero-order valence-electron chi connectivity index (χ0n) is 13.6. The largest absolute Gasteiger partial charge is 0.411 e. The first kappa shape index (κ1) is 17.2. The van der Waals surface area contributed by atoms with Crippen molar-refractivity contribution in [3.63, 3.8) is 0 Å². The van der Waals surface area contributed by atoms with Gasteiger partial charge >= 0.3 is 0 Å². The average Bonchev–Trinajstić information content (AvgIpc) is 3.21. The molecule has 0 radical (unpaired) electrons. The SMILES string of the molecule is Cc1cc(C)cc(-c2nnc(SCC(=O)Nc3sccc3C#N)o2)c1. The highest BCUT2D eigenvalue weighted by Gasteiger charge is 2.13. The molecule has 0 saturated heterocycles. The Kier molecular flexibility index (Phi) is 5.16. The number of nitrogens with one attached hydrogen (secondary N) is 1. The lowest BCUT2D eigenvalue weighted by atomic mass is 10.1. The van der Waals surface area contributed by atoms with E-state index in [9.17, 15) is 4.79 Å². The van der Waals surface area contributed by atoms with Gasteiger partial charge in [0.25, 0.3) is 5.22 Å². The van der Waals surface area contributed by atoms with E-state index in [2.05, 4.69) is 21.6 Å². The van der Waals surface area contributed by atoms with Crippen LogP contribution in [0.25, 0.3) is 11.5 Å². The molecule has 0 saturated carbocycles. The van der Waals surface area contributed by atoms with Gasteiger partial charge in [0.05, 0.1) is 11.3 Å². The monoisotopic (exact) mass is 370 g/mol. The first-order valence-electron chi connectivity index (χ1n) is 7.37. The van der Waals surface area contributed by atoms with Crippen LogP contribution in [-0.4, -0.2) is 21.9 Å². The second-order valence-electron chi connectivity index (χ2n) is 5.36. The molecule has 0 unspecified atom stereocenters. The van der Waals surface area contributed by atoms with Crippen LogP contribution in [0, 0.1) is 25.2 Å².